The highest BCUT2D eigenvalue weighted by Gasteiger charge is 2.23. The Morgan fingerprint density at radius 1 is 1.00 bits per heavy atom. The molecule has 1 aliphatic rings. The average molecular weight is 326 g/mol. The maximum atomic E-state index is 11.7. The molecule has 1 amide bonds. The number of carboxylic acids is 1. The van der Waals surface area contributed by atoms with Gasteiger partial charge in [0.2, 0.25) is 23.0 Å². The lowest BCUT2D eigenvalue weighted by molar-refractivity contribution is 0.0684. The first-order chi connectivity index (χ1) is 11.0. The molecule has 2 aromatic heterocycles. The first-order valence-electron chi connectivity index (χ1n) is 6.40. The molecule has 1 saturated heterocycles. The maximum absolute atomic E-state index is 11.7. The second-order valence-corrected chi connectivity index (χ2v) is 4.34. The van der Waals surface area contributed by atoms with Crippen molar-refractivity contribution in [2.75, 3.05) is 37.6 Å². The van der Waals surface area contributed by atoms with Crippen LogP contribution in [-0.4, -0.2) is 68.7 Å². The van der Waals surface area contributed by atoms with Gasteiger partial charge in [0.15, 0.2) is 0 Å². The third-order valence-corrected chi connectivity index (χ3v) is 2.84. The lowest BCUT2D eigenvalue weighted by atomic mass is 10.3. The van der Waals surface area contributed by atoms with Gasteiger partial charge in [-0.05, 0) is 20.6 Å². The number of carboxylic acid groups (broad SMARTS) is 1. The molecule has 0 aromatic carbocycles. The number of amides is 1. The van der Waals surface area contributed by atoms with Crippen LogP contribution in [0, 0.1) is 0 Å². The fourth-order valence-corrected chi connectivity index (χ4v) is 1.71. The molecule has 0 atom stereocenters. The van der Waals surface area contributed by atoms with Crippen LogP contribution in [0.2, 0.25) is 0 Å². The molecule has 0 bridgehead atoms. The molecule has 13 nitrogen and oxygen atoms in total. The van der Waals surface area contributed by atoms with Gasteiger partial charge in [-0.3, -0.25) is 4.79 Å². The van der Waals surface area contributed by atoms with Crippen molar-refractivity contribution in [1.82, 2.24) is 30.8 Å². The fourth-order valence-electron chi connectivity index (χ4n) is 1.71. The molecule has 3 rings (SSSR count). The van der Waals surface area contributed by atoms with E-state index in [0.717, 1.165) is 13.1 Å². The molecule has 1 aliphatic heterocycles. The molecular formula is C10H14N8O5. The van der Waals surface area contributed by atoms with E-state index in [1.54, 1.807) is 4.90 Å². The fraction of sp³-hybridized carbons (Fsp3) is 0.400. The molecule has 1 fully saturated rings. The quantitative estimate of drug-likeness (QED) is 0.476. The van der Waals surface area contributed by atoms with Gasteiger partial charge in [-0.1, -0.05) is 0 Å². The van der Waals surface area contributed by atoms with Crippen LogP contribution in [0.5, 0.6) is 0 Å². The van der Waals surface area contributed by atoms with Crippen LogP contribution in [0.1, 0.15) is 21.0 Å². The summed E-state index contributed by atoms with van der Waals surface area (Å²) in [7, 11) is 0. The highest BCUT2D eigenvalue weighted by molar-refractivity contribution is 5.96. The number of aromatic nitrogens is 4. The van der Waals surface area contributed by atoms with Crippen molar-refractivity contribution >= 4 is 23.5 Å². The van der Waals surface area contributed by atoms with Gasteiger partial charge in [0.05, 0.1) is 0 Å². The predicted molar refractivity (Wildman–Crippen MR) is 73.2 cm³/mol. The summed E-state index contributed by atoms with van der Waals surface area (Å²) in [5, 5.41) is 24.2. The van der Waals surface area contributed by atoms with Crippen LogP contribution in [-0.2, 0) is 0 Å². The zero-order valence-electron chi connectivity index (χ0n) is 11.8. The smallest absolute Gasteiger partial charge is 0.362 e. The predicted octanol–water partition coefficient (Wildman–Crippen LogP) is -1.95. The highest BCUT2D eigenvalue weighted by Crippen LogP contribution is 2.08. The monoisotopic (exact) mass is 326 g/mol. The number of nitrogens with zero attached hydrogens (tertiary/aromatic N) is 5. The molecule has 0 aliphatic carbocycles. The number of hydrogen-bond donors (Lipinski definition) is 4. The van der Waals surface area contributed by atoms with Gasteiger partial charge in [0.25, 0.3) is 5.91 Å². The van der Waals surface area contributed by atoms with Gasteiger partial charge in [-0.25, -0.2) is 14.1 Å². The summed E-state index contributed by atoms with van der Waals surface area (Å²) < 4.78 is 8.37. The van der Waals surface area contributed by atoms with Crippen LogP contribution in [0.15, 0.2) is 9.26 Å². The minimum absolute atomic E-state index is 0.0496. The van der Waals surface area contributed by atoms with Gasteiger partial charge in [-0.15, -0.1) is 0 Å². The van der Waals surface area contributed by atoms with Crippen molar-refractivity contribution in [1.29, 1.82) is 0 Å². The van der Waals surface area contributed by atoms with Gasteiger partial charge < -0.3 is 26.8 Å². The van der Waals surface area contributed by atoms with E-state index in [9.17, 15) is 9.59 Å². The summed E-state index contributed by atoms with van der Waals surface area (Å²) in [6.45, 7) is 2.89. The van der Waals surface area contributed by atoms with Crippen LogP contribution in [0.4, 0.5) is 11.6 Å². The van der Waals surface area contributed by atoms with E-state index < -0.39 is 5.97 Å². The molecule has 6 N–H and O–H groups in total. The normalized spacial score (nSPS) is 14.0. The van der Waals surface area contributed by atoms with Crippen LogP contribution < -0.4 is 16.8 Å². The van der Waals surface area contributed by atoms with Crippen LogP contribution in [0.3, 0.4) is 0 Å². The summed E-state index contributed by atoms with van der Waals surface area (Å²) >= 11 is 0. The molecule has 0 radical (unpaired) electrons. The minimum Gasteiger partial charge on any atom is -0.476 e. The Balaban J connectivity index is 0.000000185. The lowest BCUT2D eigenvalue weighted by Crippen LogP contribution is -2.46. The lowest BCUT2D eigenvalue weighted by Gasteiger charge is -2.26. The third-order valence-electron chi connectivity index (χ3n) is 2.84. The zero-order valence-corrected chi connectivity index (χ0v) is 11.8. The standard InChI is InChI=1S/C7H11N5O2.C3H3N3O3/c8-6-5(10-14-11-6)7(13)12-3-1-9-2-4-12;4-2-1(3(7)8)5-9-6-2/h9H,1-4H2,(H2,8,11);(H2,4,6)(H,7,8). The second kappa shape index (κ2) is 7.17. The molecule has 13 heteroatoms. The van der Waals surface area contributed by atoms with Gasteiger partial charge in [0, 0.05) is 26.2 Å². The first-order valence-corrected chi connectivity index (χ1v) is 6.40. The van der Waals surface area contributed by atoms with E-state index in [4.69, 9.17) is 16.6 Å². The number of piperazine rings is 1. The van der Waals surface area contributed by atoms with Gasteiger partial charge in [0.1, 0.15) is 0 Å². The Morgan fingerprint density at radius 2 is 1.52 bits per heavy atom. The van der Waals surface area contributed by atoms with Crippen molar-refractivity contribution in [3.05, 3.63) is 11.4 Å². The van der Waals surface area contributed by atoms with Crippen molar-refractivity contribution in [3.63, 3.8) is 0 Å². The van der Waals surface area contributed by atoms with E-state index in [1.165, 1.54) is 0 Å². The maximum Gasteiger partial charge on any atom is 0.362 e. The molecule has 0 spiro atoms. The van der Waals surface area contributed by atoms with Crippen molar-refractivity contribution in [2.24, 2.45) is 0 Å². The number of nitrogen functional groups attached to an aromatic ring is 2. The van der Waals surface area contributed by atoms with E-state index >= 15 is 0 Å². The Labute approximate surface area is 128 Å². The summed E-state index contributed by atoms with van der Waals surface area (Å²) in [6, 6.07) is 0. The van der Waals surface area contributed by atoms with Crippen LogP contribution in [0.25, 0.3) is 0 Å². The van der Waals surface area contributed by atoms with Crippen LogP contribution >= 0.6 is 0 Å². The summed E-state index contributed by atoms with van der Waals surface area (Å²) in [6.07, 6.45) is 0. The Morgan fingerprint density at radius 3 is 1.91 bits per heavy atom. The van der Waals surface area contributed by atoms with Crippen molar-refractivity contribution in [3.8, 4) is 0 Å². The minimum atomic E-state index is -1.24. The summed E-state index contributed by atoms with van der Waals surface area (Å²) in [5.74, 6) is -1.62. The van der Waals surface area contributed by atoms with Crippen molar-refractivity contribution in [2.45, 2.75) is 0 Å². The molecule has 3 heterocycles. The summed E-state index contributed by atoms with van der Waals surface area (Å²) in [5.41, 5.74) is 10.2. The highest BCUT2D eigenvalue weighted by atomic mass is 16.6. The second-order valence-electron chi connectivity index (χ2n) is 4.34. The number of aromatic carboxylic acids is 1. The Kier molecular flexibility index (Phi) is 5.03. The third kappa shape index (κ3) is 3.91. The number of nitrogens with one attached hydrogen (secondary N) is 1. The number of hydrogen-bond acceptors (Lipinski definition) is 11. The summed E-state index contributed by atoms with van der Waals surface area (Å²) in [4.78, 5) is 23.5. The molecular weight excluding hydrogens is 312 g/mol. The zero-order chi connectivity index (χ0) is 16.8. The number of nitrogens with two attached hydrogens (primary N) is 2. The first kappa shape index (κ1) is 16.2. The van der Waals surface area contributed by atoms with Crippen molar-refractivity contribution < 1.29 is 24.0 Å². The van der Waals surface area contributed by atoms with E-state index in [0.29, 0.717) is 13.1 Å². The SMILES string of the molecule is Nc1nonc1C(=O)N1CCNCC1.Nc1nonc1C(=O)O. The van der Waals surface area contributed by atoms with E-state index in [2.05, 4.69) is 35.2 Å². The number of rotatable bonds is 2. The topological polar surface area (TPSA) is 200 Å². The Bertz CT molecular complexity index is 676. The number of carbonyl (C=O) groups is 2. The molecule has 0 unspecified atom stereocenters. The van der Waals surface area contributed by atoms with Gasteiger partial charge >= 0.3 is 5.97 Å². The molecule has 2 aromatic rings. The van der Waals surface area contributed by atoms with Gasteiger partial charge in [-0.2, -0.15) is 0 Å². The Hall–Kier alpha value is -3.22. The average Bonchev–Trinajstić information content (AvgIpc) is 3.16. The number of anilines is 2. The van der Waals surface area contributed by atoms with E-state index in [1.807, 2.05) is 0 Å². The molecule has 0 saturated carbocycles. The largest absolute Gasteiger partial charge is 0.476 e. The molecule has 23 heavy (non-hydrogen) atoms. The number of carbonyl (C=O) groups excluding carboxylic acids is 1. The molecule has 124 valence electrons. The van der Waals surface area contributed by atoms with E-state index in [-0.39, 0.29) is 28.9 Å².